The van der Waals surface area contributed by atoms with E-state index < -0.39 is 16.6 Å². The molecule has 5 heteroatoms. The minimum atomic E-state index is -4.41. The van der Waals surface area contributed by atoms with Crippen molar-refractivity contribution in [3.8, 4) is 0 Å². The van der Waals surface area contributed by atoms with Crippen LogP contribution in [0, 0.1) is 0 Å². The maximum Gasteiger partial charge on any atom is 0.416 e. The van der Waals surface area contributed by atoms with Gasteiger partial charge in [-0.1, -0.05) is 41.4 Å². The van der Waals surface area contributed by atoms with Crippen LogP contribution in [0.15, 0.2) is 24.3 Å². The van der Waals surface area contributed by atoms with Gasteiger partial charge in [-0.05, 0) is 18.6 Å². The largest absolute Gasteiger partial charge is 0.416 e. The Labute approximate surface area is 106 Å². The maximum atomic E-state index is 12.5. The number of benzene rings is 1. The van der Waals surface area contributed by atoms with Crippen LogP contribution in [0.25, 0.3) is 0 Å². The number of carbonyl (C=O) groups is 1. The van der Waals surface area contributed by atoms with Crippen molar-refractivity contribution in [2.24, 2.45) is 0 Å². The van der Waals surface area contributed by atoms with Crippen molar-refractivity contribution in [3.63, 3.8) is 0 Å². The molecule has 0 aliphatic rings. The summed E-state index contributed by atoms with van der Waals surface area (Å²) in [6, 6.07) is 4.51. The highest BCUT2D eigenvalue weighted by molar-refractivity contribution is 9.10. The molecule has 0 heterocycles. The van der Waals surface area contributed by atoms with E-state index in [0.29, 0.717) is 6.42 Å². The second-order valence-corrected chi connectivity index (χ2v) is 4.80. The summed E-state index contributed by atoms with van der Waals surface area (Å²) in [7, 11) is 0. The molecule has 1 nitrogen and oxygen atoms in total. The number of halogens is 4. The third-order valence-corrected chi connectivity index (χ3v) is 3.17. The zero-order chi connectivity index (χ0) is 13.1. The number of Topliss-reactive ketones (excluding diaryl/α,β-unsaturated/α-hetero) is 1. The summed E-state index contributed by atoms with van der Waals surface area (Å²) < 4.78 is 37.4. The van der Waals surface area contributed by atoms with Crippen LogP contribution in [-0.2, 0) is 6.18 Å². The van der Waals surface area contributed by atoms with Gasteiger partial charge in [0.15, 0.2) is 5.78 Å². The standard InChI is InChI=1S/C12H12BrF3O/c1-2-4-10(13)11(17)8-5-3-6-9(7-8)12(14,15)16/h3,5-7,10H,2,4H2,1H3. The van der Waals surface area contributed by atoms with Gasteiger partial charge in [0.05, 0.1) is 10.4 Å². The van der Waals surface area contributed by atoms with Crippen molar-refractivity contribution in [3.05, 3.63) is 35.4 Å². The topological polar surface area (TPSA) is 17.1 Å². The molecule has 0 amide bonds. The average Bonchev–Trinajstić information content (AvgIpc) is 2.27. The Morgan fingerprint density at radius 2 is 2.06 bits per heavy atom. The first-order valence-corrected chi connectivity index (χ1v) is 6.13. The quantitative estimate of drug-likeness (QED) is 0.593. The lowest BCUT2D eigenvalue weighted by Gasteiger charge is -2.10. The lowest BCUT2D eigenvalue weighted by molar-refractivity contribution is -0.137. The van der Waals surface area contributed by atoms with Crippen molar-refractivity contribution in [1.29, 1.82) is 0 Å². The molecule has 1 aromatic carbocycles. The lowest BCUT2D eigenvalue weighted by atomic mass is 10.0. The molecule has 1 rings (SSSR count). The van der Waals surface area contributed by atoms with E-state index in [4.69, 9.17) is 0 Å². The van der Waals surface area contributed by atoms with E-state index in [9.17, 15) is 18.0 Å². The first-order chi connectivity index (χ1) is 7.86. The van der Waals surface area contributed by atoms with E-state index >= 15 is 0 Å². The fraction of sp³-hybridized carbons (Fsp3) is 0.417. The van der Waals surface area contributed by atoms with E-state index in [1.165, 1.54) is 12.1 Å². The molecule has 1 aromatic rings. The van der Waals surface area contributed by atoms with E-state index in [1.807, 2.05) is 6.92 Å². The van der Waals surface area contributed by atoms with Gasteiger partial charge in [0.1, 0.15) is 0 Å². The fourth-order valence-electron chi connectivity index (χ4n) is 1.41. The zero-order valence-electron chi connectivity index (χ0n) is 9.22. The van der Waals surface area contributed by atoms with Crippen molar-refractivity contribution in [1.82, 2.24) is 0 Å². The number of rotatable bonds is 4. The first kappa shape index (κ1) is 14.2. The van der Waals surface area contributed by atoms with E-state index in [2.05, 4.69) is 15.9 Å². The summed E-state index contributed by atoms with van der Waals surface area (Å²) in [5.74, 6) is -0.307. The molecule has 0 aliphatic carbocycles. The second-order valence-electron chi connectivity index (χ2n) is 3.70. The predicted octanol–water partition coefficient (Wildman–Crippen LogP) is 4.45. The van der Waals surface area contributed by atoms with Gasteiger partial charge in [-0.25, -0.2) is 0 Å². The first-order valence-electron chi connectivity index (χ1n) is 5.21. The SMILES string of the molecule is CCCC(Br)C(=O)c1cccc(C(F)(F)F)c1. The molecule has 0 spiro atoms. The Morgan fingerprint density at radius 1 is 1.41 bits per heavy atom. The molecule has 1 atom stereocenters. The van der Waals surface area contributed by atoms with Gasteiger partial charge in [0.2, 0.25) is 0 Å². The Bertz CT molecular complexity index is 401. The third-order valence-electron chi connectivity index (χ3n) is 2.30. The summed E-state index contributed by atoms with van der Waals surface area (Å²) in [4.78, 5) is 11.4. The number of alkyl halides is 4. The van der Waals surface area contributed by atoms with Crippen LogP contribution < -0.4 is 0 Å². The van der Waals surface area contributed by atoms with Gasteiger partial charge in [-0.3, -0.25) is 4.79 Å². The Morgan fingerprint density at radius 3 is 2.59 bits per heavy atom. The molecule has 0 aromatic heterocycles. The van der Waals surface area contributed by atoms with Crippen LogP contribution in [0.1, 0.15) is 35.7 Å². The summed E-state index contributed by atoms with van der Waals surface area (Å²) in [5.41, 5.74) is -0.699. The lowest BCUT2D eigenvalue weighted by Crippen LogP contribution is -2.15. The van der Waals surface area contributed by atoms with Crippen LogP contribution in [0.2, 0.25) is 0 Å². The maximum absolute atomic E-state index is 12.5. The molecule has 0 fully saturated rings. The minimum Gasteiger partial charge on any atom is -0.293 e. The monoisotopic (exact) mass is 308 g/mol. The van der Waals surface area contributed by atoms with E-state index in [0.717, 1.165) is 18.6 Å². The second kappa shape index (κ2) is 5.67. The van der Waals surface area contributed by atoms with Gasteiger partial charge in [-0.15, -0.1) is 0 Å². The number of ketones is 1. The molecule has 0 N–H and O–H groups in total. The molecule has 0 saturated carbocycles. The van der Waals surface area contributed by atoms with Gasteiger partial charge in [-0.2, -0.15) is 13.2 Å². The molecular formula is C12H12BrF3O. The van der Waals surface area contributed by atoms with Crippen molar-refractivity contribution < 1.29 is 18.0 Å². The molecule has 0 bridgehead atoms. The molecular weight excluding hydrogens is 297 g/mol. The van der Waals surface area contributed by atoms with Crippen LogP contribution in [0.5, 0.6) is 0 Å². The van der Waals surface area contributed by atoms with Crippen molar-refractivity contribution in [2.45, 2.75) is 30.8 Å². The molecule has 0 aliphatic heterocycles. The summed E-state index contributed by atoms with van der Waals surface area (Å²) in [6.45, 7) is 1.91. The predicted molar refractivity (Wildman–Crippen MR) is 63.4 cm³/mol. The average molecular weight is 309 g/mol. The highest BCUT2D eigenvalue weighted by atomic mass is 79.9. The van der Waals surface area contributed by atoms with Crippen molar-refractivity contribution in [2.75, 3.05) is 0 Å². The number of carbonyl (C=O) groups excluding carboxylic acids is 1. The smallest absolute Gasteiger partial charge is 0.293 e. The van der Waals surface area contributed by atoms with Gasteiger partial charge < -0.3 is 0 Å². The molecule has 94 valence electrons. The van der Waals surface area contributed by atoms with Crippen LogP contribution in [0.3, 0.4) is 0 Å². The van der Waals surface area contributed by atoms with Crippen LogP contribution in [0.4, 0.5) is 13.2 Å². The zero-order valence-corrected chi connectivity index (χ0v) is 10.8. The van der Waals surface area contributed by atoms with Gasteiger partial charge >= 0.3 is 6.18 Å². The van der Waals surface area contributed by atoms with Gasteiger partial charge in [0.25, 0.3) is 0 Å². The number of hydrogen-bond acceptors (Lipinski definition) is 1. The van der Waals surface area contributed by atoms with Crippen molar-refractivity contribution >= 4 is 21.7 Å². The molecule has 0 radical (unpaired) electrons. The minimum absolute atomic E-state index is 0.0927. The fourth-order valence-corrected chi connectivity index (χ4v) is 2.14. The summed E-state index contributed by atoms with van der Waals surface area (Å²) in [5, 5.41) is 0. The summed E-state index contributed by atoms with van der Waals surface area (Å²) >= 11 is 3.18. The molecule has 0 saturated heterocycles. The third kappa shape index (κ3) is 3.84. The highest BCUT2D eigenvalue weighted by Gasteiger charge is 2.31. The van der Waals surface area contributed by atoms with E-state index in [-0.39, 0.29) is 11.3 Å². The van der Waals surface area contributed by atoms with Crippen LogP contribution in [-0.4, -0.2) is 10.6 Å². The normalized spacial score (nSPS) is 13.5. The van der Waals surface area contributed by atoms with Crippen LogP contribution >= 0.6 is 15.9 Å². The van der Waals surface area contributed by atoms with Gasteiger partial charge in [0, 0.05) is 5.56 Å². The Balaban J connectivity index is 2.96. The Kier molecular flexibility index (Phi) is 4.74. The molecule has 17 heavy (non-hydrogen) atoms. The van der Waals surface area contributed by atoms with E-state index in [1.54, 1.807) is 0 Å². The number of hydrogen-bond donors (Lipinski definition) is 0. The highest BCUT2D eigenvalue weighted by Crippen LogP contribution is 2.30. The molecule has 1 unspecified atom stereocenters. The summed E-state index contributed by atoms with van der Waals surface area (Å²) in [6.07, 6.45) is -3.02. The Hall–Kier alpha value is -0.840.